The van der Waals surface area contributed by atoms with Crippen LogP contribution in [0.1, 0.15) is 65.7 Å². The normalized spacial score (nSPS) is 21.9. The zero-order chi connectivity index (χ0) is 11.8. The molecule has 2 unspecified atom stereocenters. The molecule has 0 aliphatic heterocycles. The molecule has 1 aliphatic carbocycles. The summed E-state index contributed by atoms with van der Waals surface area (Å²) >= 11 is 2.22. The van der Waals surface area contributed by atoms with E-state index >= 15 is 0 Å². The highest BCUT2D eigenvalue weighted by Crippen LogP contribution is 2.30. The molecule has 1 N–H and O–H groups in total. The van der Waals surface area contributed by atoms with Gasteiger partial charge < -0.3 is 5.32 Å². The van der Waals surface area contributed by atoms with Gasteiger partial charge in [-0.2, -0.15) is 11.8 Å². The lowest BCUT2D eigenvalue weighted by Gasteiger charge is -2.25. The number of rotatable bonds is 7. The number of hydrogen-bond donors (Lipinski definition) is 1. The molecule has 0 spiro atoms. The molecule has 0 saturated heterocycles. The fourth-order valence-corrected chi connectivity index (χ4v) is 3.94. The van der Waals surface area contributed by atoms with E-state index < -0.39 is 0 Å². The van der Waals surface area contributed by atoms with Gasteiger partial charge in [-0.05, 0) is 26.2 Å². The van der Waals surface area contributed by atoms with Gasteiger partial charge in [0.05, 0.1) is 0 Å². The summed E-state index contributed by atoms with van der Waals surface area (Å²) in [6, 6.07) is 0.694. The Bertz CT molecular complexity index is 166. The Morgan fingerprint density at radius 2 is 1.88 bits per heavy atom. The van der Waals surface area contributed by atoms with Gasteiger partial charge in [0.25, 0.3) is 0 Å². The van der Waals surface area contributed by atoms with Gasteiger partial charge in [0, 0.05) is 23.1 Å². The van der Waals surface area contributed by atoms with E-state index in [1.54, 1.807) is 0 Å². The van der Waals surface area contributed by atoms with Gasteiger partial charge in [0.15, 0.2) is 0 Å². The van der Waals surface area contributed by atoms with Gasteiger partial charge in [-0.1, -0.05) is 39.5 Å². The van der Waals surface area contributed by atoms with Crippen molar-refractivity contribution in [3.63, 3.8) is 0 Å². The Morgan fingerprint density at radius 1 is 1.19 bits per heavy atom. The van der Waals surface area contributed by atoms with Crippen LogP contribution in [0.25, 0.3) is 0 Å². The van der Waals surface area contributed by atoms with E-state index in [9.17, 15) is 0 Å². The monoisotopic (exact) mass is 243 g/mol. The first-order valence-electron chi connectivity index (χ1n) is 7.11. The molecule has 2 atom stereocenters. The fourth-order valence-electron chi connectivity index (χ4n) is 2.48. The summed E-state index contributed by atoms with van der Waals surface area (Å²) in [6.45, 7) is 8.13. The Morgan fingerprint density at radius 3 is 2.50 bits per heavy atom. The van der Waals surface area contributed by atoms with Gasteiger partial charge in [0.1, 0.15) is 0 Å². The summed E-state index contributed by atoms with van der Waals surface area (Å²) < 4.78 is 0. The molecule has 0 aromatic rings. The van der Waals surface area contributed by atoms with E-state index in [1.165, 1.54) is 51.5 Å². The first kappa shape index (κ1) is 14.4. The molecule has 0 aromatic heterocycles. The Kier molecular flexibility index (Phi) is 7.55. The maximum atomic E-state index is 3.65. The van der Waals surface area contributed by atoms with E-state index in [0.717, 1.165) is 10.5 Å². The number of thioether (sulfide) groups is 1. The van der Waals surface area contributed by atoms with Crippen molar-refractivity contribution in [2.45, 2.75) is 82.3 Å². The van der Waals surface area contributed by atoms with Crippen molar-refractivity contribution in [3.05, 3.63) is 0 Å². The van der Waals surface area contributed by atoms with Gasteiger partial charge in [-0.15, -0.1) is 0 Å². The molecule has 1 rings (SSSR count). The zero-order valence-corrected chi connectivity index (χ0v) is 12.1. The van der Waals surface area contributed by atoms with Crippen molar-refractivity contribution in [1.29, 1.82) is 0 Å². The highest BCUT2D eigenvalue weighted by molar-refractivity contribution is 8.00. The number of hydrogen-bond acceptors (Lipinski definition) is 2. The quantitative estimate of drug-likeness (QED) is 0.718. The van der Waals surface area contributed by atoms with Crippen LogP contribution in [0, 0.1) is 0 Å². The predicted octanol–water partition coefficient (Wildman–Crippen LogP) is 4.22. The molecule has 2 heteroatoms. The molecule has 1 saturated carbocycles. The van der Waals surface area contributed by atoms with Crippen LogP contribution >= 0.6 is 11.8 Å². The van der Waals surface area contributed by atoms with E-state index in [-0.39, 0.29) is 0 Å². The minimum absolute atomic E-state index is 0.694. The van der Waals surface area contributed by atoms with Crippen molar-refractivity contribution in [1.82, 2.24) is 5.32 Å². The second kappa shape index (κ2) is 8.41. The summed E-state index contributed by atoms with van der Waals surface area (Å²) in [5, 5.41) is 5.38. The van der Waals surface area contributed by atoms with Crippen LogP contribution in [0.4, 0.5) is 0 Å². The van der Waals surface area contributed by atoms with Crippen molar-refractivity contribution in [2.24, 2.45) is 0 Å². The maximum Gasteiger partial charge on any atom is 0.0147 e. The number of nitrogens with one attached hydrogen (secondary N) is 1. The fraction of sp³-hybridized carbons (Fsp3) is 1.00. The lowest BCUT2D eigenvalue weighted by atomic mass is 10.0. The molecular weight excluding hydrogens is 214 g/mol. The Labute approximate surface area is 106 Å². The Hall–Kier alpha value is 0.310. The SMILES string of the molecule is CCCC(C)NCC(C)SC1CCCCC1. The summed E-state index contributed by atoms with van der Waals surface area (Å²) in [6.07, 6.45) is 9.91. The van der Waals surface area contributed by atoms with E-state index in [2.05, 4.69) is 37.8 Å². The maximum absolute atomic E-state index is 3.65. The second-order valence-electron chi connectivity index (χ2n) is 5.30. The van der Waals surface area contributed by atoms with Crippen molar-refractivity contribution >= 4 is 11.8 Å². The van der Waals surface area contributed by atoms with E-state index in [0.29, 0.717) is 6.04 Å². The third-order valence-corrected chi connectivity index (χ3v) is 4.94. The van der Waals surface area contributed by atoms with Gasteiger partial charge in [-0.25, -0.2) is 0 Å². The van der Waals surface area contributed by atoms with Crippen LogP contribution in [-0.2, 0) is 0 Å². The van der Waals surface area contributed by atoms with Crippen LogP contribution in [-0.4, -0.2) is 23.1 Å². The van der Waals surface area contributed by atoms with Crippen molar-refractivity contribution < 1.29 is 0 Å². The standard InChI is InChI=1S/C14H29NS/c1-4-8-12(2)15-11-13(3)16-14-9-6-5-7-10-14/h12-15H,4-11H2,1-3H3. The van der Waals surface area contributed by atoms with Crippen LogP contribution in [0.2, 0.25) is 0 Å². The van der Waals surface area contributed by atoms with Crippen molar-refractivity contribution in [2.75, 3.05) is 6.54 Å². The van der Waals surface area contributed by atoms with Gasteiger partial charge >= 0.3 is 0 Å². The molecule has 0 heterocycles. The minimum atomic E-state index is 0.694. The lowest BCUT2D eigenvalue weighted by molar-refractivity contribution is 0.502. The largest absolute Gasteiger partial charge is 0.313 e. The molecule has 0 amide bonds. The molecule has 96 valence electrons. The molecule has 1 aliphatic rings. The molecule has 0 bridgehead atoms. The van der Waals surface area contributed by atoms with Crippen LogP contribution in [0.3, 0.4) is 0 Å². The van der Waals surface area contributed by atoms with Gasteiger partial charge in [-0.3, -0.25) is 0 Å². The van der Waals surface area contributed by atoms with Gasteiger partial charge in [0.2, 0.25) is 0 Å². The van der Waals surface area contributed by atoms with Crippen molar-refractivity contribution in [3.8, 4) is 0 Å². The molecule has 0 radical (unpaired) electrons. The molecule has 16 heavy (non-hydrogen) atoms. The minimum Gasteiger partial charge on any atom is -0.313 e. The first-order chi connectivity index (χ1) is 7.72. The third kappa shape index (κ3) is 6.15. The average molecular weight is 243 g/mol. The smallest absolute Gasteiger partial charge is 0.0147 e. The molecule has 1 fully saturated rings. The summed E-state index contributed by atoms with van der Waals surface area (Å²) in [4.78, 5) is 0. The predicted molar refractivity (Wildman–Crippen MR) is 76.3 cm³/mol. The Balaban J connectivity index is 2.07. The second-order valence-corrected chi connectivity index (χ2v) is 7.05. The zero-order valence-electron chi connectivity index (χ0n) is 11.3. The average Bonchev–Trinajstić information content (AvgIpc) is 2.28. The third-order valence-electron chi connectivity index (χ3n) is 3.45. The summed E-state index contributed by atoms with van der Waals surface area (Å²) in [7, 11) is 0. The lowest BCUT2D eigenvalue weighted by Crippen LogP contribution is -2.32. The summed E-state index contributed by atoms with van der Waals surface area (Å²) in [5.41, 5.74) is 0. The molecule has 1 nitrogen and oxygen atoms in total. The van der Waals surface area contributed by atoms with Crippen LogP contribution < -0.4 is 5.32 Å². The highest BCUT2D eigenvalue weighted by atomic mass is 32.2. The van der Waals surface area contributed by atoms with Crippen LogP contribution in [0.5, 0.6) is 0 Å². The highest BCUT2D eigenvalue weighted by Gasteiger charge is 2.16. The summed E-state index contributed by atoms with van der Waals surface area (Å²) in [5.74, 6) is 0. The molecule has 0 aromatic carbocycles. The van der Waals surface area contributed by atoms with Crippen LogP contribution in [0.15, 0.2) is 0 Å². The first-order valence-corrected chi connectivity index (χ1v) is 8.05. The van der Waals surface area contributed by atoms with E-state index in [4.69, 9.17) is 0 Å². The molecular formula is C14H29NS. The van der Waals surface area contributed by atoms with E-state index in [1.807, 2.05) is 0 Å². The topological polar surface area (TPSA) is 12.0 Å².